The number of aryl methyl sites for hydroxylation is 1. The van der Waals surface area contributed by atoms with Gasteiger partial charge < -0.3 is 19.3 Å². The van der Waals surface area contributed by atoms with Crippen LogP contribution in [0.1, 0.15) is 5.76 Å². The molecule has 122 valence electrons. The molecule has 1 aromatic carbocycles. The van der Waals surface area contributed by atoms with Crippen molar-refractivity contribution in [1.29, 1.82) is 0 Å². The summed E-state index contributed by atoms with van der Waals surface area (Å²) < 4.78 is 40.6. The molecular formula is C14H12F2N2O5. The fourth-order valence-corrected chi connectivity index (χ4v) is 1.51. The summed E-state index contributed by atoms with van der Waals surface area (Å²) in [6, 6.07) is 4.05. The van der Waals surface area contributed by atoms with Gasteiger partial charge in [-0.3, -0.25) is 4.79 Å². The predicted molar refractivity (Wildman–Crippen MR) is 72.7 cm³/mol. The van der Waals surface area contributed by atoms with Crippen molar-refractivity contribution >= 4 is 17.6 Å². The van der Waals surface area contributed by atoms with Crippen molar-refractivity contribution in [3.63, 3.8) is 0 Å². The number of amides is 1. The highest BCUT2D eigenvalue weighted by Gasteiger charge is 2.12. The summed E-state index contributed by atoms with van der Waals surface area (Å²) in [7, 11) is 0. The molecule has 0 aliphatic rings. The third kappa shape index (κ3) is 5.06. The Balaban J connectivity index is 1.75. The maximum atomic E-state index is 13.3. The van der Waals surface area contributed by atoms with Crippen LogP contribution in [0.4, 0.5) is 14.5 Å². The van der Waals surface area contributed by atoms with Crippen molar-refractivity contribution < 1.29 is 32.4 Å². The Kier molecular flexibility index (Phi) is 5.23. The van der Waals surface area contributed by atoms with Crippen LogP contribution in [0.2, 0.25) is 0 Å². The number of esters is 1. The first-order chi connectivity index (χ1) is 10.9. The van der Waals surface area contributed by atoms with Crippen LogP contribution < -0.4 is 10.1 Å². The summed E-state index contributed by atoms with van der Waals surface area (Å²) in [5, 5.41) is 5.58. The molecular weight excluding hydrogens is 314 g/mol. The lowest BCUT2D eigenvalue weighted by atomic mass is 10.3. The van der Waals surface area contributed by atoms with E-state index in [1.165, 1.54) is 6.07 Å². The molecule has 0 spiro atoms. The minimum absolute atomic E-state index is 0.103. The zero-order valence-corrected chi connectivity index (χ0v) is 12.0. The van der Waals surface area contributed by atoms with E-state index in [0.717, 1.165) is 18.2 Å². The lowest BCUT2D eigenvalue weighted by Crippen LogP contribution is -2.24. The van der Waals surface area contributed by atoms with Gasteiger partial charge in [-0.05, 0) is 24.2 Å². The number of carbonyl (C=O) groups excluding carboxylic acids is 2. The summed E-state index contributed by atoms with van der Waals surface area (Å²) in [4.78, 5) is 22.9. The highest BCUT2D eigenvalue weighted by Crippen LogP contribution is 2.15. The Morgan fingerprint density at radius 1 is 1.26 bits per heavy atom. The molecule has 0 unspecified atom stereocenters. The molecule has 0 aliphatic heterocycles. The number of nitrogens with one attached hydrogen (secondary N) is 1. The number of anilines is 1. The average Bonchev–Trinajstić information content (AvgIpc) is 2.92. The van der Waals surface area contributed by atoms with Crippen molar-refractivity contribution in [2.45, 2.75) is 6.92 Å². The fourth-order valence-electron chi connectivity index (χ4n) is 1.51. The molecule has 1 heterocycles. The number of halogens is 2. The van der Waals surface area contributed by atoms with E-state index in [0.29, 0.717) is 5.76 Å². The van der Waals surface area contributed by atoms with Crippen LogP contribution in [0.5, 0.6) is 5.88 Å². The standard InChI is InChI=1S/C14H12F2N2O5/c1-8-4-13(18-23-8)21-7-14(20)22-6-12(19)17-11-5-9(15)2-3-10(11)16/h2-5H,6-7H2,1H3,(H,17,19). The number of rotatable bonds is 6. The molecule has 23 heavy (non-hydrogen) atoms. The Morgan fingerprint density at radius 2 is 2.04 bits per heavy atom. The topological polar surface area (TPSA) is 90.7 Å². The monoisotopic (exact) mass is 326 g/mol. The predicted octanol–water partition coefficient (Wildman–Crippen LogP) is 1.82. The molecule has 0 radical (unpaired) electrons. The lowest BCUT2D eigenvalue weighted by Gasteiger charge is -2.07. The van der Waals surface area contributed by atoms with Crippen molar-refractivity contribution in [3.8, 4) is 5.88 Å². The van der Waals surface area contributed by atoms with Crippen LogP contribution in [0, 0.1) is 18.6 Å². The summed E-state index contributed by atoms with van der Waals surface area (Å²) in [5.74, 6) is -2.57. The molecule has 2 aromatic rings. The van der Waals surface area contributed by atoms with Gasteiger partial charge in [0.1, 0.15) is 17.4 Å². The van der Waals surface area contributed by atoms with E-state index in [-0.39, 0.29) is 11.6 Å². The molecule has 0 aliphatic carbocycles. The van der Waals surface area contributed by atoms with Gasteiger partial charge in [-0.25, -0.2) is 13.6 Å². The second-order valence-electron chi connectivity index (χ2n) is 4.40. The Labute approximate surface area is 129 Å². The molecule has 0 fully saturated rings. The third-order valence-electron chi connectivity index (χ3n) is 2.51. The van der Waals surface area contributed by atoms with E-state index in [1.807, 2.05) is 0 Å². The van der Waals surface area contributed by atoms with Gasteiger partial charge in [-0.1, -0.05) is 0 Å². The van der Waals surface area contributed by atoms with Gasteiger partial charge in [0.2, 0.25) is 0 Å². The lowest BCUT2D eigenvalue weighted by molar-refractivity contribution is -0.149. The molecule has 1 N–H and O–H groups in total. The molecule has 0 saturated heterocycles. The van der Waals surface area contributed by atoms with Crippen LogP contribution >= 0.6 is 0 Å². The van der Waals surface area contributed by atoms with Crippen molar-refractivity contribution in [2.75, 3.05) is 18.5 Å². The zero-order chi connectivity index (χ0) is 16.8. The molecule has 9 heteroatoms. The molecule has 0 bridgehead atoms. The van der Waals surface area contributed by atoms with E-state index in [2.05, 4.69) is 15.2 Å². The van der Waals surface area contributed by atoms with E-state index < -0.39 is 36.7 Å². The largest absolute Gasteiger partial charge is 0.463 e. The Bertz CT molecular complexity index is 717. The number of hydrogen-bond acceptors (Lipinski definition) is 6. The van der Waals surface area contributed by atoms with E-state index in [9.17, 15) is 18.4 Å². The van der Waals surface area contributed by atoms with Crippen molar-refractivity contribution in [1.82, 2.24) is 5.16 Å². The van der Waals surface area contributed by atoms with Gasteiger partial charge in [0.15, 0.2) is 13.2 Å². The first kappa shape index (κ1) is 16.4. The van der Waals surface area contributed by atoms with Crippen LogP contribution in [-0.2, 0) is 14.3 Å². The number of benzene rings is 1. The molecule has 7 nitrogen and oxygen atoms in total. The second kappa shape index (κ2) is 7.34. The quantitative estimate of drug-likeness (QED) is 0.814. The molecule has 0 atom stereocenters. The van der Waals surface area contributed by atoms with Gasteiger partial charge >= 0.3 is 5.97 Å². The van der Waals surface area contributed by atoms with Gasteiger partial charge in [-0.2, -0.15) is 0 Å². The van der Waals surface area contributed by atoms with E-state index in [1.54, 1.807) is 6.92 Å². The summed E-state index contributed by atoms with van der Waals surface area (Å²) >= 11 is 0. The summed E-state index contributed by atoms with van der Waals surface area (Å²) in [6.07, 6.45) is 0. The number of carbonyl (C=O) groups is 2. The molecule has 1 amide bonds. The smallest absolute Gasteiger partial charge is 0.344 e. The minimum atomic E-state index is -0.833. The van der Waals surface area contributed by atoms with E-state index >= 15 is 0 Å². The Hall–Kier alpha value is -2.97. The zero-order valence-electron chi connectivity index (χ0n) is 12.0. The molecule has 1 aromatic heterocycles. The summed E-state index contributed by atoms with van der Waals surface area (Å²) in [6.45, 7) is 0.498. The first-order valence-corrected chi connectivity index (χ1v) is 6.40. The van der Waals surface area contributed by atoms with Gasteiger partial charge in [-0.15, -0.1) is 0 Å². The average molecular weight is 326 g/mol. The molecule has 0 saturated carbocycles. The van der Waals surface area contributed by atoms with Crippen LogP contribution in [0.15, 0.2) is 28.8 Å². The maximum Gasteiger partial charge on any atom is 0.344 e. The first-order valence-electron chi connectivity index (χ1n) is 6.40. The summed E-state index contributed by atoms with van der Waals surface area (Å²) in [5.41, 5.74) is -0.347. The number of hydrogen-bond donors (Lipinski definition) is 1. The SMILES string of the molecule is Cc1cc(OCC(=O)OCC(=O)Nc2cc(F)ccc2F)no1. The van der Waals surface area contributed by atoms with Gasteiger partial charge in [0, 0.05) is 12.1 Å². The third-order valence-corrected chi connectivity index (χ3v) is 2.51. The minimum Gasteiger partial charge on any atom is -0.463 e. The second-order valence-corrected chi connectivity index (χ2v) is 4.40. The van der Waals surface area contributed by atoms with Crippen LogP contribution in [-0.4, -0.2) is 30.2 Å². The van der Waals surface area contributed by atoms with Crippen LogP contribution in [0.25, 0.3) is 0 Å². The van der Waals surface area contributed by atoms with Crippen LogP contribution in [0.3, 0.4) is 0 Å². The van der Waals surface area contributed by atoms with E-state index in [4.69, 9.17) is 9.26 Å². The fraction of sp³-hybridized carbons (Fsp3) is 0.214. The highest BCUT2D eigenvalue weighted by atomic mass is 19.1. The molecule has 2 rings (SSSR count). The van der Waals surface area contributed by atoms with Crippen molar-refractivity contribution in [3.05, 3.63) is 41.7 Å². The Morgan fingerprint density at radius 3 is 2.74 bits per heavy atom. The van der Waals surface area contributed by atoms with Gasteiger partial charge in [0.25, 0.3) is 11.8 Å². The number of aromatic nitrogens is 1. The van der Waals surface area contributed by atoms with Gasteiger partial charge in [0.05, 0.1) is 5.69 Å². The maximum absolute atomic E-state index is 13.3. The van der Waals surface area contributed by atoms with Crippen molar-refractivity contribution in [2.24, 2.45) is 0 Å². The normalized spacial score (nSPS) is 10.2. The number of nitrogens with zero attached hydrogens (tertiary/aromatic N) is 1. The highest BCUT2D eigenvalue weighted by molar-refractivity contribution is 5.92. The number of ether oxygens (including phenoxy) is 2.